The summed E-state index contributed by atoms with van der Waals surface area (Å²) in [5, 5.41) is 2.64. The molecule has 0 saturated carbocycles. The van der Waals surface area contributed by atoms with Gasteiger partial charge in [-0.15, -0.1) is 0 Å². The van der Waals surface area contributed by atoms with Crippen molar-refractivity contribution in [2.45, 2.75) is 45.9 Å². The van der Waals surface area contributed by atoms with Crippen molar-refractivity contribution in [1.82, 2.24) is 5.32 Å². The second-order valence-corrected chi connectivity index (χ2v) is 6.02. The summed E-state index contributed by atoms with van der Waals surface area (Å²) in [6.07, 6.45) is 1.54. The smallest absolute Gasteiger partial charge is 0.410 e. The van der Waals surface area contributed by atoms with Gasteiger partial charge in [0.1, 0.15) is 5.60 Å². The minimum Gasteiger partial charge on any atom is -0.478 e. The van der Waals surface area contributed by atoms with Gasteiger partial charge in [-0.3, -0.25) is 5.32 Å². The van der Waals surface area contributed by atoms with Gasteiger partial charge in [-0.1, -0.05) is 30.3 Å². The van der Waals surface area contributed by atoms with Crippen molar-refractivity contribution in [2.75, 3.05) is 6.61 Å². The first-order valence-corrected chi connectivity index (χ1v) is 7.82. The van der Waals surface area contributed by atoms with Crippen molar-refractivity contribution < 1.29 is 23.8 Å². The molecule has 6 nitrogen and oxygen atoms in total. The SMILES string of the molecule is CCOC(=O)/C=C/O[C@@H](Cc1ccccc1)NC(=O)OC(C)(C)C. The number of alkyl carbamates (subject to hydrolysis) is 1. The number of ether oxygens (including phenoxy) is 3. The molecule has 0 saturated heterocycles. The zero-order valence-corrected chi connectivity index (χ0v) is 14.6. The van der Waals surface area contributed by atoms with Crippen molar-refractivity contribution in [2.24, 2.45) is 0 Å². The van der Waals surface area contributed by atoms with Crippen LogP contribution < -0.4 is 5.32 Å². The molecule has 6 heteroatoms. The summed E-state index contributed by atoms with van der Waals surface area (Å²) in [4.78, 5) is 23.2. The molecule has 132 valence electrons. The van der Waals surface area contributed by atoms with Crippen molar-refractivity contribution in [1.29, 1.82) is 0 Å². The average Bonchev–Trinajstić information content (AvgIpc) is 2.46. The molecule has 0 radical (unpaired) electrons. The van der Waals surface area contributed by atoms with Crippen molar-refractivity contribution in [3.63, 3.8) is 0 Å². The van der Waals surface area contributed by atoms with Crippen LogP contribution in [0.1, 0.15) is 33.3 Å². The van der Waals surface area contributed by atoms with Crippen molar-refractivity contribution in [3.8, 4) is 0 Å². The topological polar surface area (TPSA) is 73.9 Å². The maximum absolute atomic E-state index is 11.9. The van der Waals surface area contributed by atoms with E-state index in [1.54, 1.807) is 27.7 Å². The first kappa shape index (κ1) is 19.5. The van der Waals surface area contributed by atoms with E-state index < -0.39 is 23.9 Å². The zero-order valence-electron chi connectivity index (χ0n) is 14.6. The lowest BCUT2D eigenvalue weighted by molar-refractivity contribution is -0.137. The van der Waals surface area contributed by atoms with Crippen LogP contribution in [0.5, 0.6) is 0 Å². The summed E-state index contributed by atoms with van der Waals surface area (Å²) in [6, 6.07) is 9.54. The van der Waals surface area contributed by atoms with Gasteiger partial charge < -0.3 is 14.2 Å². The molecule has 1 N–H and O–H groups in total. The van der Waals surface area contributed by atoms with Gasteiger partial charge in [0.25, 0.3) is 0 Å². The van der Waals surface area contributed by atoms with Crippen molar-refractivity contribution in [3.05, 3.63) is 48.2 Å². The monoisotopic (exact) mass is 335 g/mol. The zero-order chi connectivity index (χ0) is 18.0. The summed E-state index contributed by atoms with van der Waals surface area (Å²) in [5.41, 5.74) is 0.366. The van der Waals surface area contributed by atoms with Crippen LogP contribution in [-0.2, 0) is 25.4 Å². The van der Waals surface area contributed by atoms with Gasteiger partial charge in [0.15, 0.2) is 6.23 Å². The number of rotatable bonds is 7. The highest BCUT2D eigenvalue weighted by molar-refractivity contribution is 5.81. The van der Waals surface area contributed by atoms with Crippen LogP contribution in [0.15, 0.2) is 42.7 Å². The molecule has 24 heavy (non-hydrogen) atoms. The van der Waals surface area contributed by atoms with Crippen LogP contribution in [0.3, 0.4) is 0 Å². The number of benzene rings is 1. The van der Waals surface area contributed by atoms with E-state index in [0.717, 1.165) is 11.6 Å². The molecule has 0 unspecified atom stereocenters. The number of esters is 1. The lowest BCUT2D eigenvalue weighted by atomic mass is 10.1. The standard InChI is InChI=1S/C18H25NO5/c1-5-22-16(20)11-12-23-15(13-14-9-7-6-8-10-14)19-17(21)24-18(2,3)4/h6-12,15H,5,13H2,1-4H3,(H,19,21)/b12-11+/t15-/m0/s1. The van der Waals surface area contributed by atoms with Crippen LogP contribution in [0, 0.1) is 0 Å². The number of carbonyl (C=O) groups excluding carboxylic acids is 2. The van der Waals surface area contributed by atoms with Gasteiger partial charge in [-0.05, 0) is 33.3 Å². The highest BCUT2D eigenvalue weighted by Crippen LogP contribution is 2.09. The summed E-state index contributed by atoms with van der Waals surface area (Å²) >= 11 is 0. The Kier molecular flexibility index (Phi) is 7.82. The second-order valence-electron chi connectivity index (χ2n) is 6.02. The Balaban J connectivity index is 2.68. The molecule has 0 aromatic heterocycles. The molecule has 0 aliphatic carbocycles. The first-order valence-electron chi connectivity index (χ1n) is 7.82. The summed E-state index contributed by atoms with van der Waals surface area (Å²) in [5.74, 6) is -0.506. The van der Waals surface area contributed by atoms with E-state index >= 15 is 0 Å². The highest BCUT2D eigenvalue weighted by atomic mass is 16.6. The Morgan fingerprint density at radius 1 is 1.21 bits per heavy atom. The molecule has 1 atom stereocenters. The third-order valence-electron chi connectivity index (χ3n) is 2.68. The van der Waals surface area contributed by atoms with Crippen molar-refractivity contribution >= 4 is 12.1 Å². The van der Waals surface area contributed by atoms with Gasteiger partial charge in [0.2, 0.25) is 0 Å². The largest absolute Gasteiger partial charge is 0.478 e. The van der Waals surface area contributed by atoms with Crippen LogP contribution >= 0.6 is 0 Å². The quantitative estimate of drug-likeness (QED) is 0.358. The highest BCUT2D eigenvalue weighted by Gasteiger charge is 2.20. The fourth-order valence-electron chi connectivity index (χ4n) is 1.78. The van der Waals surface area contributed by atoms with Crippen LogP contribution in [0.2, 0.25) is 0 Å². The molecule has 0 bridgehead atoms. The molecule has 1 rings (SSSR count). The lowest BCUT2D eigenvalue weighted by Gasteiger charge is -2.23. The Morgan fingerprint density at radius 2 is 1.88 bits per heavy atom. The van der Waals surface area contributed by atoms with Gasteiger partial charge in [0, 0.05) is 6.42 Å². The van der Waals surface area contributed by atoms with Gasteiger partial charge in [-0.2, -0.15) is 0 Å². The maximum atomic E-state index is 11.9. The van der Waals surface area contributed by atoms with E-state index in [0.29, 0.717) is 6.42 Å². The minimum absolute atomic E-state index is 0.284. The van der Waals surface area contributed by atoms with E-state index in [1.165, 1.54) is 6.26 Å². The number of hydrogen-bond acceptors (Lipinski definition) is 5. The molecule has 0 aliphatic rings. The van der Waals surface area contributed by atoms with E-state index in [9.17, 15) is 9.59 Å². The Hall–Kier alpha value is -2.50. The molecule has 1 amide bonds. The van der Waals surface area contributed by atoms with E-state index in [4.69, 9.17) is 14.2 Å². The normalized spacial score (nSPS) is 12.5. The second kappa shape index (κ2) is 9.60. The van der Waals surface area contributed by atoms with Gasteiger partial charge in [0.05, 0.1) is 18.9 Å². The maximum Gasteiger partial charge on any atom is 0.410 e. The molecular formula is C18H25NO5. The molecule has 1 aromatic rings. The fourth-order valence-corrected chi connectivity index (χ4v) is 1.78. The average molecular weight is 335 g/mol. The van der Waals surface area contributed by atoms with Gasteiger partial charge in [-0.25, -0.2) is 9.59 Å². The number of amides is 1. The Morgan fingerprint density at radius 3 is 2.46 bits per heavy atom. The minimum atomic E-state index is -0.673. The molecule has 0 aliphatic heterocycles. The molecule has 0 heterocycles. The number of nitrogens with one attached hydrogen (secondary N) is 1. The first-order chi connectivity index (χ1) is 11.3. The van der Waals surface area contributed by atoms with Gasteiger partial charge >= 0.3 is 12.1 Å². The molecule has 0 fully saturated rings. The van der Waals surface area contributed by atoms with E-state index in [-0.39, 0.29) is 6.61 Å². The van der Waals surface area contributed by atoms with E-state index in [1.807, 2.05) is 30.3 Å². The Bertz CT molecular complexity index is 548. The molecule has 0 spiro atoms. The number of carbonyl (C=O) groups is 2. The van der Waals surface area contributed by atoms with Crippen LogP contribution in [0.4, 0.5) is 4.79 Å². The molecule has 1 aromatic carbocycles. The van der Waals surface area contributed by atoms with Crippen LogP contribution in [-0.4, -0.2) is 30.5 Å². The molecular weight excluding hydrogens is 310 g/mol. The fraction of sp³-hybridized carbons (Fsp3) is 0.444. The third kappa shape index (κ3) is 8.82. The third-order valence-corrected chi connectivity index (χ3v) is 2.68. The Labute approximate surface area is 142 Å². The lowest BCUT2D eigenvalue weighted by Crippen LogP contribution is -2.41. The predicted molar refractivity (Wildman–Crippen MR) is 90.2 cm³/mol. The van der Waals surface area contributed by atoms with Crippen LogP contribution in [0.25, 0.3) is 0 Å². The van der Waals surface area contributed by atoms with E-state index in [2.05, 4.69) is 5.32 Å². The predicted octanol–water partition coefficient (Wildman–Crippen LogP) is 3.17. The number of hydrogen-bond donors (Lipinski definition) is 1. The summed E-state index contributed by atoms with van der Waals surface area (Å²) < 4.78 is 15.5. The summed E-state index contributed by atoms with van der Waals surface area (Å²) in [6.45, 7) is 7.34. The summed E-state index contributed by atoms with van der Waals surface area (Å²) in [7, 11) is 0.